The minimum absolute atomic E-state index is 0.217. The van der Waals surface area contributed by atoms with Gasteiger partial charge in [-0.05, 0) is 12.8 Å². The molecule has 0 bridgehead atoms. The maximum absolute atomic E-state index is 12.2. The van der Waals surface area contributed by atoms with Crippen molar-refractivity contribution in [3.05, 3.63) is 0 Å². The molecule has 42 heavy (non-hydrogen) atoms. The molecule has 0 saturated carbocycles. The van der Waals surface area contributed by atoms with E-state index in [1.165, 1.54) is 109 Å². The minimum Gasteiger partial charge on any atom is -0.462 e. The Morgan fingerprint density at radius 1 is 0.524 bits per heavy atom. The second-order valence-corrected chi connectivity index (χ2v) is 13.1. The summed E-state index contributed by atoms with van der Waals surface area (Å²) in [6.45, 7) is 3.64. The van der Waals surface area contributed by atoms with Crippen molar-refractivity contribution in [2.75, 3.05) is 13.2 Å². The fourth-order valence-corrected chi connectivity index (χ4v) is 5.38. The second kappa shape index (κ2) is 30.1. The van der Waals surface area contributed by atoms with E-state index >= 15 is 0 Å². The molecule has 0 aromatic carbocycles. The Hall–Kier alpha value is -0.950. The zero-order valence-electron chi connectivity index (χ0n) is 27.2. The van der Waals surface area contributed by atoms with Gasteiger partial charge in [-0.2, -0.15) is 0 Å². The van der Waals surface area contributed by atoms with Gasteiger partial charge in [0.2, 0.25) is 0 Å². The highest BCUT2D eigenvalue weighted by Gasteiger charge is 2.22. The van der Waals surface area contributed by atoms with Crippen LogP contribution in [0.5, 0.6) is 0 Å². The van der Waals surface area contributed by atoms with Gasteiger partial charge in [-0.1, -0.05) is 155 Å². The van der Waals surface area contributed by atoms with E-state index in [2.05, 4.69) is 18.4 Å². The van der Waals surface area contributed by atoms with E-state index in [4.69, 9.17) is 19.3 Å². The van der Waals surface area contributed by atoms with Gasteiger partial charge in [0.15, 0.2) is 6.10 Å². The van der Waals surface area contributed by atoms with Gasteiger partial charge in [0, 0.05) is 12.8 Å². The molecular weight excluding hydrogens is 555 g/mol. The number of hydrogen-bond acceptors (Lipinski definition) is 6. The molecule has 0 fully saturated rings. The Morgan fingerprint density at radius 3 is 1.21 bits per heavy atom. The highest BCUT2D eigenvalue weighted by atomic mass is 31.2. The highest BCUT2D eigenvalue weighted by molar-refractivity contribution is 7.46. The van der Waals surface area contributed by atoms with Crippen molar-refractivity contribution in [1.82, 2.24) is 0 Å². The van der Waals surface area contributed by atoms with Gasteiger partial charge in [-0.15, -0.1) is 0 Å². The van der Waals surface area contributed by atoms with Gasteiger partial charge in [0.1, 0.15) is 6.61 Å². The zero-order valence-corrected chi connectivity index (χ0v) is 28.1. The first-order valence-corrected chi connectivity index (χ1v) is 18.9. The maximum atomic E-state index is 12.2. The van der Waals surface area contributed by atoms with Gasteiger partial charge < -0.3 is 19.3 Å². The molecule has 0 aromatic heterocycles. The predicted molar refractivity (Wildman–Crippen MR) is 170 cm³/mol. The van der Waals surface area contributed by atoms with Crippen LogP contribution in [-0.4, -0.2) is 41.0 Å². The van der Waals surface area contributed by atoms with Crippen LogP contribution in [0, 0.1) is 0 Å². The lowest BCUT2D eigenvalue weighted by atomic mass is 10.0. The zero-order chi connectivity index (χ0) is 31.2. The number of ether oxygens (including phenoxy) is 2. The van der Waals surface area contributed by atoms with Crippen LogP contribution >= 0.6 is 7.82 Å². The normalized spacial score (nSPS) is 12.4. The molecule has 250 valence electrons. The Morgan fingerprint density at radius 2 is 0.857 bits per heavy atom. The average Bonchev–Trinajstić information content (AvgIpc) is 2.95. The molecule has 0 spiro atoms. The number of phosphoric acid groups is 1. The number of rotatable bonds is 32. The average molecular weight is 621 g/mol. The summed E-state index contributed by atoms with van der Waals surface area (Å²) in [5, 5.41) is 0. The summed E-state index contributed by atoms with van der Waals surface area (Å²) in [7, 11) is -4.73. The number of phosphoric ester groups is 1. The van der Waals surface area contributed by atoms with Crippen LogP contribution in [0.4, 0.5) is 0 Å². The van der Waals surface area contributed by atoms with Crippen molar-refractivity contribution in [2.24, 2.45) is 0 Å². The summed E-state index contributed by atoms with van der Waals surface area (Å²) in [6, 6.07) is 0. The molecule has 9 heteroatoms. The fraction of sp³-hybridized carbons (Fsp3) is 0.939. The summed E-state index contributed by atoms with van der Waals surface area (Å²) in [5.41, 5.74) is 0. The van der Waals surface area contributed by atoms with Crippen LogP contribution in [-0.2, 0) is 28.2 Å². The minimum atomic E-state index is -4.73. The number of hydrogen-bond donors (Lipinski definition) is 2. The van der Waals surface area contributed by atoms with Crippen molar-refractivity contribution < 1.29 is 37.9 Å². The summed E-state index contributed by atoms with van der Waals surface area (Å²) in [5.74, 6) is -0.880. The molecule has 0 aliphatic heterocycles. The van der Waals surface area contributed by atoms with Crippen LogP contribution in [0.25, 0.3) is 0 Å². The van der Waals surface area contributed by atoms with Crippen molar-refractivity contribution in [1.29, 1.82) is 0 Å². The molecule has 1 atom stereocenters. The molecule has 0 rings (SSSR count). The largest absolute Gasteiger partial charge is 0.469 e. The molecule has 0 amide bonds. The third-order valence-corrected chi connectivity index (χ3v) is 8.11. The number of carbonyl (C=O) groups excluding carboxylic acids is 2. The number of carbonyl (C=O) groups is 2. The smallest absolute Gasteiger partial charge is 0.462 e. The fourth-order valence-electron chi connectivity index (χ4n) is 5.02. The van der Waals surface area contributed by atoms with E-state index in [0.29, 0.717) is 6.42 Å². The van der Waals surface area contributed by atoms with Gasteiger partial charge in [0.25, 0.3) is 0 Å². The molecule has 0 aliphatic carbocycles. The van der Waals surface area contributed by atoms with Crippen LogP contribution in [0.1, 0.15) is 181 Å². The predicted octanol–water partition coefficient (Wildman–Crippen LogP) is 9.73. The Balaban J connectivity index is 3.89. The molecule has 0 aliphatic rings. The summed E-state index contributed by atoms with van der Waals surface area (Å²) < 4.78 is 26.1. The first kappa shape index (κ1) is 41.0. The Bertz CT molecular complexity index is 666. The number of unbranched alkanes of at least 4 members (excludes halogenated alkanes) is 22. The molecular formula is C33H65O8P. The highest BCUT2D eigenvalue weighted by Crippen LogP contribution is 2.36. The van der Waals surface area contributed by atoms with E-state index in [1.807, 2.05) is 0 Å². The molecule has 0 heterocycles. The first-order valence-electron chi connectivity index (χ1n) is 17.3. The topological polar surface area (TPSA) is 119 Å². The molecule has 2 N–H and O–H groups in total. The van der Waals surface area contributed by atoms with E-state index in [9.17, 15) is 14.2 Å². The summed E-state index contributed by atoms with van der Waals surface area (Å²) in [6.07, 6.45) is 28.4. The lowest BCUT2D eigenvalue weighted by Gasteiger charge is -2.18. The molecule has 0 aromatic rings. The monoisotopic (exact) mass is 620 g/mol. The lowest BCUT2D eigenvalue weighted by molar-refractivity contribution is -0.161. The summed E-state index contributed by atoms with van der Waals surface area (Å²) >= 11 is 0. The van der Waals surface area contributed by atoms with Gasteiger partial charge >= 0.3 is 19.8 Å². The third kappa shape index (κ3) is 32.0. The van der Waals surface area contributed by atoms with Gasteiger partial charge in [-0.3, -0.25) is 14.1 Å². The van der Waals surface area contributed by atoms with Crippen LogP contribution < -0.4 is 0 Å². The second-order valence-electron chi connectivity index (χ2n) is 11.9. The summed E-state index contributed by atoms with van der Waals surface area (Å²) in [4.78, 5) is 42.4. The van der Waals surface area contributed by atoms with Gasteiger partial charge in [-0.25, -0.2) is 4.57 Å². The van der Waals surface area contributed by atoms with Crippen molar-refractivity contribution in [2.45, 2.75) is 187 Å². The number of esters is 2. The SMILES string of the molecule is CCCCCCCCCCCCCCCCCCC(=O)OC[C@H](COP(=O)(O)O)OC(=O)CCCCCCCCCC. The van der Waals surface area contributed by atoms with Crippen LogP contribution in [0.15, 0.2) is 0 Å². The third-order valence-electron chi connectivity index (χ3n) is 7.63. The van der Waals surface area contributed by atoms with E-state index in [-0.39, 0.29) is 19.4 Å². The first-order chi connectivity index (χ1) is 20.3. The molecule has 0 radical (unpaired) electrons. The molecule has 0 unspecified atom stereocenters. The molecule has 0 saturated heterocycles. The van der Waals surface area contributed by atoms with Crippen molar-refractivity contribution in [3.8, 4) is 0 Å². The van der Waals surface area contributed by atoms with Crippen molar-refractivity contribution in [3.63, 3.8) is 0 Å². The Labute approximate surface area is 257 Å². The quantitative estimate of drug-likeness (QED) is 0.0433. The standard InChI is InChI=1S/C33H65O8P/c1-3-5-7-9-11-13-14-15-16-17-18-19-20-22-23-25-27-32(34)39-29-31(30-40-42(36,37)38)41-33(35)28-26-24-21-12-10-8-6-4-2/h31H,3-30H2,1-2H3,(H2,36,37,38)/t31-/m1/s1. The lowest BCUT2D eigenvalue weighted by Crippen LogP contribution is -2.29. The maximum Gasteiger partial charge on any atom is 0.469 e. The van der Waals surface area contributed by atoms with Gasteiger partial charge in [0.05, 0.1) is 6.61 Å². The van der Waals surface area contributed by atoms with Crippen LogP contribution in [0.3, 0.4) is 0 Å². The van der Waals surface area contributed by atoms with Crippen molar-refractivity contribution >= 4 is 19.8 Å². The van der Waals surface area contributed by atoms with Crippen LogP contribution in [0.2, 0.25) is 0 Å². The molecule has 8 nitrogen and oxygen atoms in total. The Kier molecular flexibility index (Phi) is 29.4. The van der Waals surface area contributed by atoms with E-state index < -0.39 is 32.5 Å². The van der Waals surface area contributed by atoms with E-state index in [1.54, 1.807) is 0 Å². The van der Waals surface area contributed by atoms with E-state index in [0.717, 1.165) is 38.5 Å².